The Kier molecular flexibility index (Phi) is 3.87. The van der Waals surface area contributed by atoms with Gasteiger partial charge in [0.2, 0.25) is 0 Å². The Labute approximate surface area is 108 Å². The molecular weight excluding hydrogens is 226 g/mol. The molecule has 2 aromatic rings. The van der Waals surface area contributed by atoms with Crippen LogP contribution in [0.25, 0.3) is 11.0 Å². The average Bonchev–Trinajstić information content (AvgIpc) is 2.76. The first-order chi connectivity index (χ1) is 8.71. The van der Waals surface area contributed by atoms with E-state index in [2.05, 4.69) is 23.4 Å². The molecule has 0 fully saturated rings. The van der Waals surface area contributed by atoms with Crippen molar-refractivity contribution in [2.24, 2.45) is 5.73 Å². The predicted octanol–water partition coefficient (Wildman–Crippen LogP) is 2.86. The molecule has 0 bridgehead atoms. The van der Waals surface area contributed by atoms with Crippen molar-refractivity contribution in [2.45, 2.75) is 39.3 Å². The molecule has 0 saturated carbocycles. The topological polar surface area (TPSA) is 53.1 Å². The van der Waals surface area contributed by atoms with Crippen LogP contribution in [0.1, 0.15) is 38.6 Å². The summed E-state index contributed by atoms with van der Waals surface area (Å²) in [5.41, 5.74) is 8.28. The number of imidazole rings is 1. The maximum atomic E-state index is 6.20. The van der Waals surface area contributed by atoms with Gasteiger partial charge < -0.3 is 15.0 Å². The summed E-state index contributed by atoms with van der Waals surface area (Å²) in [4.78, 5) is 4.67. The Morgan fingerprint density at radius 3 is 2.78 bits per heavy atom. The second-order valence-corrected chi connectivity index (χ2v) is 4.46. The molecule has 0 spiro atoms. The number of hydrogen-bond acceptors (Lipinski definition) is 3. The van der Waals surface area contributed by atoms with E-state index in [0.717, 1.165) is 42.0 Å². The lowest BCUT2D eigenvalue weighted by Gasteiger charge is -2.12. The lowest BCUT2D eigenvalue weighted by molar-refractivity contribution is 0.415. The predicted molar refractivity (Wildman–Crippen MR) is 73.8 cm³/mol. The fourth-order valence-corrected chi connectivity index (χ4v) is 2.31. The van der Waals surface area contributed by atoms with Crippen LogP contribution in [-0.2, 0) is 6.54 Å². The molecule has 1 unspecified atom stereocenters. The van der Waals surface area contributed by atoms with Crippen LogP contribution in [0.3, 0.4) is 0 Å². The van der Waals surface area contributed by atoms with Gasteiger partial charge in [0.1, 0.15) is 11.6 Å². The number of hydrogen-bond donors (Lipinski definition) is 1. The van der Waals surface area contributed by atoms with Crippen LogP contribution in [0.2, 0.25) is 0 Å². The third-order valence-electron chi connectivity index (χ3n) is 3.23. The maximum Gasteiger partial charge on any atom is 0.126 e. The molecule has 0 aliphatic heterocycles. The molecule has 0 saturated heterocycles. The standard InChI is InChI=1S/C14H21N3O/c1-4-6-11(15)14-16-12-9-10(18-3)7-8-13(12)17(14)5-2/h7-9,11H,4-6,15H2,1-3H3. The molecule has 2 rings (SSSR count). The average molecular weight is 247 g/mol. The van der Waals surface area contributed by atoms with Gasteiger partial charge >= 0.3 is 0 Å². The molecule has 1 atom stereocenters. The number of ether oxygens (including phenoxy) is 1. The number of fused-ring (bicyclic) bond motifs is 1. The summed E-state index contributed by atoms with van der Waals surface area (Å²) < 4.78 is 7.42. The Morgan fingerprint density at radius 2 is 2.17 bits per heavy atom. The number of methoxy groups -OCH3 is 1. The zero-order valence-corrected chi connectivity index (χ0v) is 11.3. The van der Waals surface area contributed by atoms with Crippen molar-refractivity contribution in [3.63, 3.8) is 0 Å². The molecule has 1 heterocycles. The Bertz CT molecular complexity index is 533. The van der Waals surface area contributed by atoms with Crippen molar-refractivity contribution < 1.29 is 4.74 Å². The molecule has 0 radical (unpaired) electrons. The van der Waals surface area contributed by atoms with Crippen LogP contribution in [-0.4, -0.2) is 16.7 Å². The van der Waals surface area contributed by atoms with E-state index in [-0.39, 0.29) is 6.04 Å². The first kappa shape index (κ1) is 12.9. The third kappa shape index (κ3) is 2.20. The van der Waals surface area contributed by atoms with Gasteiger partial charge in [-0.15, -0.1) is 0 Å². The Hall–Kier alpha value is -1.55. The second kappa shape index (κ2) is 5.40. The fraction of sp³-hybridized carbons (Fsp3) is 0.500. The zero-order valence-electron chi connectivity index (χ0n) is 11.3. The molecule has 2 N–H and O–H groups in total. The van der Waals surface area contributed by atoms with Gasteiger partial charge in [-0.2, -0.15) is 0 Å². The largest absolute Gasteiger partial charge is 0.497 e. The van der Waals surface area contributed by atoms with Crippen LogP contribution < -0.4 is 10.5 Å². The highest BCUT2D eigenvalue weighted by atomic mass is 16.5. The summed E-state index contributed by atoms with van der Waals surface area (Å²) >= 11 is 0. The van der Waals surface area contributed by atoms with Crippen LogP contribution in [0, 0.1) is 0 Å². The van der Waals surface area contributed by atoms with Crippen molar-refractivity contribution in [1.82, 2.24) is 9.55 Å². The summed E-state index contributed by atoms with van der Waals surface area (Å²) in [6, 6.07) is 5.98. The first-order valence-electron chi connectivity index (χ1n) is 6.51. The summed E-state index contributed by atoms with van der Waals surface area (Å²) in [5.74, 6) is 1.81. The van der Waals surface area contributed by atoms with Crippen molar-refractivity contribution >= 4 is 11.0 Å². The van der Waals surface area contributed by atoms with E-state index in [1.807, 2.05) is 18.2 Å². The molecule has 1 aromatic heterocycles. The smallest absolute Gasteiger partial charge is 0.126 e. The monoisotopic (exact) mass is 247 g/mol. The molecule has 4 nitrogen and oxygen atoms in total. The number of benzene rings is 1. The van der Waals surface area contributed by atoms with Gasteiger partial charge in [-0.05, 0) is 25.5 Å². The van der Waals surface area contributed by atoms with E-state index >= 15 is 0 Å². The Balaban J connectivity index is 2.52. The highest BCUT2D eigenvalue weighted by Gasteiger charge is 2.15. The van der Waals surface area contributed by atoms with E-state index in [0.29, 0.717) is 0 Å². The van der Waals surface area contributed by atoms with Crippen LogP contribution >= 0.6 is 0 Å². The van der Waals surface area contributed by atoms with Crippen molar-refractivity contribution in [1.29, 1.82) is 0 Å². The van der Waals surface area contributed by atoms with Gasteiger partial charge in [-0.1, -0.05) is 13.3 Å². The number of nitrogens with zero attached hydrogens (tertiary/aromatic N) is 2. The SMILES string of the molecule is CCCC(N)c1nc2cc(OC)ccc2n1CC. The summed E-state index contributed by atoms with van der Waals surface area (Å²) in [6.07, 6.45) is 2.03. The molecule has 1 aromatic carbocycles. The van der Waals surface area contributed by atoms with Crippen LogP contribution in [0.5, 0.6) is 5.75 Å². The number of aromatic nitrogens is 2. The van der Waals surface area contributed by atoms with Crippen molar-refractivity contribution in [3.8, 4) is 5.75 Å². The number of aryl methyl sites for hydroxylation is 1. The van der Waals surface area contributed by atoms with Gasteiger partial charge in [-0.3, -0.25) is 0 Å². The Morgan fingerprint density at radius 1 is 1.39 bits per heavy atom. The van der Waals surface area contributed by atoms with Crippen molar-refractivity contribution in [3.05, 3.63) is 24.0 Å². The molecular formula is C14H21N3O. The quantitative estimate of drug-likeness (QED) is 0.884. The maximum absolute atomic E-state index is 6.20. The van der Waals surface area contributed by atoms with Gasteiger partial charge in [0.15, 0.2) is 0 Å². The van der Waals surface area contributed by atoms with Gasteiger partial charge in [0.05, 0.1) is 24.2 Å². The van der Waals surface area contributed by atoms with E-state index in [1.54, 1.807) is 7.11 Å². The molecule has 98 valence electrons. The molecule has 4 heteroatoms. The van der Waals surface area contributed by atoms with Gasteiger partial charge in [0, 0.05) is 12.6 Å². The van der Waals surface area contributed by atoms with Gasteiger partial charge in [-0.25, -0.2) is 4.98 Å². The molecule has 0 aliphatic carbocycles. The molecule has 0 aliphatic rings. The van der Waals surface area contributed by atoms with E-state index in [4.69, 9.17) is 10.5 Å². The molecule has 18 heavy (non-hydrogen) atoms. The fourth-order valence-electron chi connectivity index (χ4n) is 2.31. The zero-order chi connectivity index (χ0) is 13.1. The van der Waals surface area contributed by atoms with E-state index in [1.165, 1.54) is 0 Å². The summed E-state index contributed by atoms with van der Waals surface area (Å²) in [6.45, 7) is 5.14. The summed E-state index contributed by atoms with van der Waals surface area (Å²) in [5, 5.41) is 0. The third-order valence-corrected chi connectivity index (χ3v) is 3.23. The minimum absolute atomic E-state index is 0.00773. The molecule has 0 amide bonds. The highest BCUT2D eigenvalue weighted by Crippen LogP contribution is 2.25. The van der Waals surface area contributed by atoms with E-state index in [9.17, 15) is 0 Å². The summed E-state index contributed by atoms with van der Waals surface area (Å²) in [7, 11) is 1.67. The van der Waals surface area contributed by atoms with Crippen LogP contribution in [0.15, 0.2) is 18.2 Å². The van der Waals surface area contributed by atoms with Gasteiger partial charge in [0.25, 0.3) is 0 Å². The van der Waals surface area contributed by atoms with E-state index < -0.39 is 0 Å². The minimum atomic E-state index is 0.00773. The normalized spacial score (nSPS) is 12.9. The number of nitrogens with two attached hydrogens (primary N) is 1. The minimum Gasteiger partial charge on any atom is -0.497 e. The second-order valence-electron chi connectivity index (χ2n) is 4.46. The lowest BCUT2D eigenvalue weighted by Crippen LogP contribution is -2.16. The first-order valence-corrected chi connectivity index (χ1v) is 6.51. The van der Waals surface area contributed by atoms with Crippen molar-refractivity contribution in [2.75, 3.05) is 7.11 Å². The lowest BCUT2D eigenvalue weighted by atomic mass is 10.2. The number of rotatable bonds is 5. The highest BCUT2D eigenvalue weighted by molar-refractivity contribution is 5.78. The van der Waals surface area contributed by atoms with Crippen LogP contribution in [0.4, 0.5) is 0 Å².